The van der Waals surface area contributed by atoms with Crippen molar-refractivity contribution in [2.24, 2.45) is 0 Å². The Balaban J connectivity index is 2.22. The molecule has 2 heterocycles. The van der Waals surface area contributed by atoms with E-state index in [1.807, 2.05) is 6.92 Å². The second-order valence-corrected chi connectivity index (χ2v) is 6.11. The Morgan fingerprint density at radius 1 is 1.44 bits per heavy atom. The van der Waals surface area contributed by atoms with Crippen molar-refractivity contribution < 1.29 is 22.7 Å². The molecule has 1 amide bonds. The zero-order chi connectivity index (χ0) is 18.3. The first-order chi connectivity index (χ1) is 11.9. The first-order valence-corrected chi connectivity index (χ1v) is 8.46. The van der Waals surface area contributed by atoms with Crippen LogP contribution < -0.4 is 5.32 Å². The van der Waals surface area contributed by atoms with Gasteiger partial charge in [-0.3, -0.25) is 9.78 Å². The molecule has 1 aliphatic rings. The van der Waals surface area contributed by atoms with Gasteiger partial charge in [0, 0.05) is 19.2 Å². The standard InChI is InChI=1S/C18H23F3N2O2/c1-2-3-7-14-8-6-11-25-17(12-14,18(19,20)21)16(24)23-13-15-9-4-5-10-22-15/h4-5,7,9-10H,2-3,6,8,11-13H2,1H3,(H,23,24). The van der Waals surface area contributed by atoms with E-state index in [0.29, 0.717) is 30.5 Å². The van der Waals surface area contributed by atoms with Gasteiger partial charge < -0.3 is 10.1 Å². The lowest BCUT2D eigenvalue weighted by atomic mass is 9.90. The number of pyridine rings is 1. The molecule has 1 N–H and O–H groups in total. The molecule has 1 saturated heterocycles. The maximum Gasteiger partial charge on any atom is 0.426 e. The van der Waals surface area contributed by atoms with Gasteiger partial charge in [0.25, 0.3) is 5.91 Å². The molecule has 0 aliphatic carbocycles. The number of carbonyl (C=O) groups excluding carboxylic acids is 1. The van der Waals surface area contributed by atoms with Crippen molar-refractivity contribution in [2.45, 2.75) is 57.3 Å². The minimum Gasteiger partial charge on any atom is -0.357 e. The average molecular weight is 356 g/mol. The number of nitrogens with one attached hydrogen (secondary N) is 1. The lowest BCUT2D eigenvalue weighted by Crippen LogP contribution is -2.58. The number of ether oxygens (including phenoxy) is 1. The normalized spacial score (nSPS) is 23.3. The van der Waals surface area contributed by atoms with E-state index in [1.165, 1.54) is 6.20 Å². The van der Waals surface area contributed by atoms with Crippen LogP contribution in [0.25, 0.3) is 0 Å². The average Bonchev–Trinajstić information content (AvgIpc) is 2.82. The predicted octanol–water partition coefficient (Wildman–Crippen LogP) is 3.93. The molecule has 25 heavy (non-hydrogen) atoms. The number of nitrogens with zero attached hydrogens (tertiary/aromatic N) is 1. The first-order valence-electron chi connectivity index (χ1n) is 8.46. The van der Waals surface area contributed by atoms with Gasteiger partial charge in [0.05, 0.1) is 12.2 Å². The van der Waals surface area contributed by atoms with Crippen molar-refractivity contribution in [1.29, 1.82) is 0 Å². The monoisotopic (exact) mass is 356 g/mol. The molecular weight excluding hydrogens is 333 g/mol. The molecule has 2 rings (SSSR count). The summed E-state index contributed by atoms with van der Waals surface area (Å²) < 4.78 is 46.6. The highest BCUT2D eigenvalue weighted by Crippen LogP contribution is 2.41. The summed E-state index contributed by atoms with van der Waals surface area (Å²) in [4.78, 5) is 16.5. The first kappa shape index (κ1) is 19.4. The van der Waals surface area contributed by atoms with Gasteiger partial charge in [-0.25, -0.2) is 0 Å². The minimum absolute atomic E-state index is 0.0745. The fourth-order valence-electron chi connectivity index (χ4n) is 2.80. The Morgan fingerprint density at radius 3 is 2.88 bits per heavy atom. The molecule has 7 heteroatoms. The summed E-state index contributed by atoms with van der Waals surface area (Å²) in [6, 6.07) is 5.05. The number of rotatable bonds is 5. The van der Waals surface area contributed by atoms with Crippen molar-refractivity contribution in [2.75, 3.05) is 6.61 Å². The van der Waals surface area contributed by atoms with Gasteiger partial charge in [0.15, 0.2) is 0 Å². The molecule has 1 aromatic heterocycles. The number of allylic oxidation sites excluding steroid dienone is 1. The Labute approximate surface area is 145 Å². The van der Waals surface area contributed by atoms with Crippen molar-refractivity contribution >= 4 is 5.91 Å². The van der Waals surface area contributed by atoms with Crippen LogP contribution in [0.2, 0.25) is 0 Å². The molecule has 1 aliphatic heterocycles. The van der Waals surface area contributed by atoms with E-state index in [2.05, 4.69) is 10.3 Å². The van der Waals surface area contributed by atoms with Crippen molar-refractivity contribution in [3.8, 4) is 0 Å². The minimum atomic E-state index is -4.79. The Hall–Kier alpha value is -1.89. The fourth-order valence-corrected chi connectivity index (χ4v) is 2.80. The summed E-state index contributed by atoms with van der Waals surface area (Å²) >= 11 is 0. The molecule has 138 valence electrons. The van der Waals surface area contributed by atoms with Crippen LogP contribution in [0.5, 0.6) is 0 Å². The maximum absolute atomic E-state index is 13.8. The van der Waals surface area contributed by atoms with Crippen LogP contribution in [-0.4, -0.2) is 29.3 Å². The molecule has 0 radical (unpaired) electrons. The molecule has 1 unspecified atom stereocenters. The Kier molecular flexibility index (Phi) is 6.58. The molecule has 4 nitrogen and oxygen atoms in total. The second-order valence-electron chi connectivity index (χ2n) is 6.11. The molecule has 0 bridgehead atoms. The lowest BCUT2D eigenvalue weighted by molar-refractivity contribution is -0.265. The Morgan fingerprint density at radius 2 is 2.24 bits per heavy atom. The van der Waals surface area contributed by atoms with Crippen LogP contribution in [0.1, 0.15) is 44.7 Å². The topological polar surface area (TPSA) is 51.2 Å². The second kappa shape index (κ2) is 8.47. The van der Waals surface area contributed by atoms with E-state index in [9.17, 15) is 18.0 Å². The number of carbonyl (C=O) groups is 1. The molecule has 0 aromatic carbocycles. The van der Waals surface area contributed by atoms with Crippen molar-refractivity contribution in [3.63, 3.8) is 0 Å². The molecular formula is C18H23F3N2O2. The number of amides is 1. The molecule has 1 aromatic rings. The van der Waals surface area contributed by atoms with E-state index in [-0.39, 0.29) is 13.2 Å². The number of halogens is 3. The number of hydrogen-bond acceptors (Lipinski definition) is 3. The number of unbranched alkanes of at least 4 members (excludes halogenated alkanes) is 1. The van der Waals surface area contributed by atoms with Gasteiger partial charge >= 0.3 is 6.18 Å². The van der Waals surface area contributed by atoms with Crippen LogP contribution in [0.3, 0.4) is 0 Å². The smallest absolute Gasteiger partial charge is 0.357 e. The Bertz CT molecular complexity index is 602. The third-order valence-electron chi connectivity index (χ3n) is 4.17. The van der Waals surface area contributed by atoms with E-state index in [1.54, 1.807) is 24.3 Å². The van der Waals surface area contributed by atoms with Crippen molar-refractivity contribution in [1.82, 2.24) is 10.3 Å². The third-order valence-corrected chi connectivity index (χ3v) is 4.17. The zero-order valence-electron chi connectivity index (χ0n) is 14.2. The summed E-state index contributed by atoms with van der Waals surface area (Å²) in [5.74, 6) is -1.16. The quantitative estimate of drug-likeness (QED) is 0.814. The number of alkyl halides is 3. The van der Waals surface area contributed by atoms with Gasteiger partial charge in [-0.2, -0.15) is 13.2 Å². The van der Waals surface area contributed by atoms with Gasteiger partial charge in [-0.05, 0) is 31.4 Å². The SMILES string of the molecule is CCCC=C1CCCOC(C(=O)NCc2ccccn2)(C(F)(F)F)C1. The number of aromatic nitrogens is 1. The van der Waals surface area contributed by atoms with Gasteiger partial charge in [0.1, 0.15) is 0 Å². The largest absolute Gasteiger partial charge is 0.426 e. The summed E-state index contributed by atoms with van der Waals surface area (Å²) in [5, 5.41) is 2.35. The van der Waals surface area contributed by atoms with Gasteiger partial charge in [0.2, 0.25) is 5.60 Å². The summed E-state index contributed by atoms with van der Waals surface area (Å²) in [7, 11) is 0. The summed E-state index contributed by atoms with van der Waals surface area (Å²) in [6.45, 7) is 1.79. The van der Waals surface area contributed by atoms with E-state index in [0.717, 1.165) is 6.42 Å². The van der Waals surface area contributed by atoms with Crippen LogP contribution in [0.4, 0.5) is 13.2 Å². The lowest BCUT2D eigenvalue weighted by Gasteiger charge is -2.33. The molecule has 0 saturated carbocycles. The van der Waals surface area contributed by atoms with Gasteiger partial charge in [-0.1, -0.05) is 31.1 Å². The van der Waals surface area contributed by atoms with Crippen LogP contribution in [0.15, 0.2) is 36.0 Å². The predicted molar refractivity (Wildman–Crippen MR) is 87.7 cm³/mol. The maximum atomic E-state index is 13.8. The number of hydrogen-bond donors (Lipinski definition) is 1. The van der Waals surface area contributed by atoms with Crippen LogP contribution in [-0.2, 0) is 16.1 Å². The van der Waals surface area contributed by atoms with Crippen LogP contribution >= 0.6 is 0 Å². The molecule has 1 fully saturated rings. The van der Waals surface area contributed by atoms with Crippen molar-refractivity contribution in [3.05, 3.63) is 41.7 Å². The zero-order valence-corrected chi connectivity index (χ0v) is 14.2. The van der Waals surface area contributed by atoms with E-state index < -0.39 is 24.1 Å². The highest BCUT2D eigenvalue weighted by molar-refractivity contribution is 5.86. The summed E-state index contributed by atoms with van der Waals surface area (Å²) in [5.41, 5.74) is -1.72. The molecule has 1 atom stereocenters. The fraction of sp³-hybridized carbons (Fsp3) is 0.556. The highest BCUT2D eigenvalue weighted by atomic mass is 19.4. The van der Waals surface area contributed by atoms with E-state index in [4.69, 9.17) is 4.74 Å². The third kappa shape index (κ3) is 4.81. The van der Waals surface area contributed by atoms with E-state index >= 15 is 0 Å². The van der Waals surface area contributed by atoms with Crippen LogP contribution in [0, 0.1) is 0 Å². The highest BCUT2D eigenvalue weighted by Gasteiger charge is 2.62. The summed E-state index contributed by atoms with van der Waals surface area (Å²) in [6.07, 6.45) is 0.609. The van der Waals surface area contributed by atoms with Gasteiger partial charge in [-0.15, -0.1) is 0 Å². The molecule has 0 spiro atoms.